The van der Waals surface area contributed by atoms with Crippen LogP contribution in [0.25, 0.3) is 0 Å². The SMILES string of the molecule is CC(C)C1(CC#CC(C)(C)C)CCCCCN1. The number of rotatable bonds is 2. The molecule has 0 saturated carbocycles. The molecule has 1 N–H and O–H groups in total. The molecular weight excluding hydrogens is 206 g/mol. The van der Waals surface area contributed by atoms with Crippen molar-refractivity contribution in [2.75, 3.05) is 6.54 Å². The Morgan fingerprint density at radius 2 is 1.88 bits per heavy atom. The van der Waals surface area contributed by atoms with Crippen LogP contribution in [-0.2, 0) is 0 Å². The molecule has 0 aromatic carbocycles. The molecule has 0 aliphatic carbocycles. The molecule has 1 fully saturated rings. The molecule has 1 unspecified atom stereocenters. The maximum Gasteiger partial charge on any atom is 0.0313 e. The molecule has 0 bridgehead atoms. The summed E-state index contributed by atoms with van der Waals surface area (Å²) in [4.78, 5) is 0. The molecule has 17 heavy (non-hydrogen) atoms. The van der Waals surface area contributed by atoms with Gasteiger partial charge in [-0.15, -0.1) is 5.92 Å². The molecule has 1 rings (SSSR count). The van der Waals surface area contributed by atoms with Gasteiger partial charge in [0.2, 0.25) is 0 Å². The fraction of sp³-hybridized carbons (Fsp3) is 0.875. The highest BCUT2D eigenvalue weighted by Gasteiger charge is 2.32. The second-order valence-electron chi connectivity index (χ2n) is 6.78. The minimum atomic E-state index is 0.128. The third-order valence-electron chi connectivity index (χ3n) is 3.75. The van der Waals surface area contributed by atoms with Crippen LogP contribution in [0.3, 0.4) is 0 Å². The van der Waals surface area contributed by atoms with E-state index in [4.69, 9.17) is 0 Å². The quantitative estimate of drug-likeness (QED) is 0.714. The maximum atomic E-state index is 3.78. The molecule has 1 atom stereocenters. The lowest BCUT2D eigenvalue weighted by atomic mass is 9.79. The number of nitrogens with one attached hydrogen (secondary N) is 1. The van der Waals surface area contributed by atoms with Gasteiger partial charge in [-0.2, -0.15) is 0 Å². The summed E-state index contributed by atoms with van der Waals surface area (Å²) in [6, 6.07) is 0. The van der Waals surface area contributed by atoms with E-state index in [0.717, 1.165) is 13.0 Å². The Kier molecular flexibility index (Phi) is 5.07. The Morgan fingerprint density at radius 1 is 1.18 bits per heavy atom. The fourth-order valence-corrected chi connectivity index (χ4v) is 2.48. The average molecular weight is 235 g/mol. The summed E-state index contributed by atoms with van der Waals surface area (Å²) in [5, 5.41) is 3.78. The van der Waals surface area contributed by atoms with E-state index in [9.17, 15) is 0 Å². The summed E-state index contributed by atoms with van der Waals surface area (Å²) in [5.41, 5.74) is 0.387. The number of hydrogen-bond acceptors (Lipinski definition) is 1. The zero-order valence-electron chi connectivity index (χ0n) is 12.3. The van der Waals surface area contributed by atoms with Gasteiger partial charge in [0.25, 0.3) is 0 Å². The van der Waals surface area contributed by atoms with Crippen molar-refractivity contribution >= 4 is 0 Å². The highest BCUT2D eigenvalue weighted by atomic mass is 15.0. The van der Waals surface area contributed by atoms with Crippen molar-refractivity contribution in [1.82, 2.24) is 5.32 Å². The summed E-state index contributed by atoms with van der Waals surface area (Å²) in [5.74, 6) is 7.47. The van der Waals surface area contributed by atoms with Gasteiger partial charge in [0.15, 0.2) is 0 Å². The first-order valence-electron chi connectivity index (χ1n) is 7.11. The highest BCUT2D eigenvalue weighted by Crippen LogP contribution is 2.29. The van der Waals surface area contributed by atoms with Gasteiger partial charge in [-0.1, -0.05) is 32.6 Å². The molecule has 0 radical (unpaired) electrons. The van der Waals surface area contributed by atoms with Crippen molar-refractivity contribution < 1.29 is 0 Å². The van der Waals surface area contributed by atoms with Crippen molar-refractivity contribution in [1.29, 1.82) is 0 Å². The van der Waals surface area contributed by atoms with E-state index >= 15 is 0 Å². The highest BCUT2D eigenvalue weighted by molar-refractivity contribution is 5.12. The molecule has 1 heterocycles. The lowest BCUT2D eigenvalue weighted by Crippen LogP contribution is -2.48. The van der Waals surface area contributed by atoms with Crippen molar-refractivity contribution in [2.24, 2.45) is 11.3 Å². The number of hydrogen-bond donors (Lipinski definition) is 1. The first-order valence-corrected chi connectivity index (χ1v) is 7.11. The lowest BCUT2D eigenvalue weighted by Gasteiger charge is -2.36. The zero-order chi connectivity index (χ0) is 12.9. The van der Waals surface area contributed by atoms with Crippen LogP contribution in [0.5, 0.6) is 0 Å². The summed E-state index contributed by atoms with van der Waals surface area (Å²) >= 11 is 0. The molecule has 1 aliphatic heterocycles. The second-order valence-corrected chi connectivity index (χ2v) is 6.78. The van der Waals surface area contributed by atoms with Crippen LogP contribution in [0.15, 0.2) is 0 Å². The topological polar surface area (TPSA) is 12.0 Å². The van der Waals surface area contributed by atoms with Gasteiger partial charge in [0.1, 0.15) is 0 Å². The van der Waals surface area contributed by atoms with E-state index in [2.05, 4.69) is 51.8 Å². The van der Waals surface area contributed by atoms with E-state index in [1.807, 2.05) is 0 Å². The Labute approximate surface area is 108 Å². The van der Waals surface area contributed by atoms with Gasteiger partial charge in [-0.05, 0) is 46.1 Å². The molecule has 0 aromatic rings. The summed E-state index contributed by atoms with van der Waals surface area (Å²) in [7, 11) is 0. The van der Waals surface area contributed by atoms with E-state index in [-0.39, 0.29) is 11.0 Å². The van der Waals surface area contributed by atoms with E-state index < -0.39 is 0 Å². The van der Waals surface area contributed by atoms with Crippen LogP contribution in [0, 0.1) is 23.2 Å². The zero-order valence-corrected chi connectivity index (χ0v) is 12.3. The van der Waals surface area contributed by atoms with Gasteiger partial charge < -0.3 is 5.32 Å². The van der Waals surface area contributed by atoms with Crippen LogP contribution in [0.1, 0.15) is 66.7 Å². The van der Waals surface area contributed by atoms with Crippen LogP contribution in [-0.4, -0.2) is 12.1 Å². The summed E-state index contributed by atoms with van der Waals surface area (Å²) < 4.78 is 0. The van der Waals surface area contributed by atoms with Crippen LogP contribution in [0.4, 0.5) is 0 Å². The van der Waals surface area contributed by atoms with Gasteiger partial charge >= 0.3 is 0 Å². The second kappa shape index (κ2) is 5.91. The predicted octanol–water partition coefficient (Wildman–Crippen LogP) is 3.98. The minimum Gasteiger partial charge on any atom is -0.310 e. The fourth-order valence-electron chi connectivity index (χ4n) is 2.48. The average Bonchev–Trinajstić information content (AvgIpc) is 2.42. The molecule has 1 aliphatic rings. The smallest absolute Gasteiger partial charge is 0.0313 e. The Morgan fingerprint density at radius 3 is 2.47 bits per heavy atom. The molecular formula is C16H29N. The minimum absolute atomic E-state index is 0.128. The molecule has 1 saturated heterocycles. The van der Waals surface area contributed by atoms with E-state index in [1.54, 1.807) is 0 Å². The van der Waals surface area contributed by atoms with Crippen LogP contribution in [0.2, 0.25) is 0 Å². The molecule has 1 heteroatoms. The Balaban J connectivity index is 2.73. The van der Waals surface area contributed by atoms with Gasteiger partial charge in [0.05, 0.1) is 0 Å². The predicted molar refractivity (Wildman–Crippen MR) is 75.9 cm³/mol. The third kappa shape index (κ3) is 4.72. The molecule has 0 aromatic heterocycles. The summed E-state index contributed by atoms with van der Waals surface area (Å²) in [6.07, 6.45) is 6.32. The normalized spacial score (nSPS) is 26.2. The Hall–Kier alpha value is -0.480. The third-order valence-corrected chi connectivity index (χ3v) is 3.75. The monoisotopic (exact) mass is 235 g/mol. The standard InChI is InChI=1S/C16H29N/c1-14(2)16(11-7-6-8-13-17-16)12-9-10-15(3,4)5/h14,17H,6-8,11-13H2,1-5H3. The van der Waals surface area contributed by atoms with E-state index in [0.29, 0.717) is 5.92 Å². The van der Waals surface area contributed by atoms with Crippen LogP contribution >= 0.6 is 0 Å². The van der Waals surface area contributed by atoms with Crippen molar-refractivity contribution in [2.45, 2.75) is 72.3 Å². The van der Waals surface area contributed by atoms with Crippen LogP contribution < -0.4 is 5.32 Å². The molecule has 98 valence electrons. The van der Waals surface area contributed by atoms with Gasteiger partial charge in [-0.3, -0.25) is 0 Å². The molecule has 0 amide bonds. The first kappa shape index (κ1) is 14.6. The summed E-state index contributed by atoms with van der Waals surface area (Å²) in [6.45, 7) is 12.4. The molecule has 0 spiro atoms. The van der Waals surface area contributed by atoms with Gasteiger partial charge in [0, 0.05) is 17.4 Å². The van der Waals surface area contributed by atoms with Gasteiger partial charge in [-0.25, -0.2) is 0 Å². The lowest BCUT2D eigenvalue weighted by molar-refractivity contribution is 0.233. The van der Waals surface area contributed by atoms with Crippen molar-refractivity contribution in [3.8, 4) is 11.8 Å². The first-order chi connectivity index (χ1) is 7.86. The van der Waals surface area contributed by atoms with Crippen molar-refractivity contribution in [3.63, 3.8) is 0 Å². The largest absolute Gasteiger partial charge is 0.310 e. The maximum absolute atomic E-state index is 3.78. The Bertz CT molecular complexity index is 277. The molecule has 1 nitrogen and oxygen atoms in total. The van der Waals surface area contributed by atoms with E-state index in [1.165, 1.54) is 25.7 Å². The van der Waals surface area contributed by atoms with Crippen molar-refractivity contribution in [3.05, 3.63) is 0 Å².